The van der Waals surface area contributed by atoms with E-state index in [1.807, 2.05) is 6.92 Å². The molecule has 1 aromatic rings. The maximum atomic E-state index is 12.6. The van der Waals surface area contributed by atoms with Crippen molar-refractivity contribution in [1.29, 1.82) is 0 Å². The van der Waals surface area contributed by atoms with Crippen molar-refractivity contribution >= 4 is 41.3 Å². The van der Waals surface area contributed by atoms with Crippen LogP contribution in [0, 0.1) is 5.92 Å². The highest BCUT2D eigenvalue weighted by Gasteiger charge is 2.33. The maximum Gasteiger partial charge on any atom is 0.434 e. The Labute approximate surface area is 186 Å². The van der Waals surface area contributed by atoms with Crippen LogP contribution in [-0.2, 0) is 12.7 Å². The standard InChI is InChI=1S/C18H30F3N5S.HI/c1-3-22-17(24-11-16-25-15(13-27-16)18(19,20)21)23-8-4-5-9-26-10-6-7-14(2)12-26;/h13-14H,3-12H2,1-2H3,(H2,22,23,24);1H. The fourth-order valence-corrected chi connectivity index (χ4v) is 3.88. The summed E-state index contributed by atoms with van der Waals surface area (Å²) in [7, 11) is 0. The van der Waals surface area contributed by atoms with Crippen molar-refractivity contribution in [3.8, 4) is 0 Å². The normalized spacial score (nSPS) is 18.6. The Balaban J connectivity index is 0.00000392. The van der Waals surface area contributed by atoms with Crippen LogP contribution in [0.2, 0.25) is 0 Å². The van der Waals surface area contributed by atoms with Gasteiger partial charge in [0.25, 0.3) is 0 Å². The molecule has 0 aromatic carbocycles. The first-order chi connectivity index (χ1) is 12.9. The number of nitrogens with one attached hydrogen (secondary N) is 2. The number of rotatable bonds is 8. The number of likely N-dealkylation sites (tertiary alicyclic amines) is 1. The quantitative estimate of drug-likeness (QED) is 0.226. The van der Waals surface area contributed by atoms with Gasteiger partial charge in [-0.1, -0.05) is 6.92 Å². The Kier molecular flexibility index (Phi) is 11.7. The molecule has 0 saturated carbocycles. The summed E-state index contributed by atoms with van der Waals surface area (Å²) in [5.41, 5.74) is -0.845. The molecule has 162 valence electrons. The van der Waals surface area contributed by atoms with Crippen LogP contribution < -0.4 is 10.6 Å². The van der Waals surface area contributed by atoms with Crippen LogP contribution in [0.3, 0.4) is 0 Å². The second-order valence-electron chi connectivity index (χ2n) is 7.00. The Morgan fingerprint density at radius 1 is 1.36 bits per heavy atom. The van der Waals surface area contributed by atoms with Crippen LogP contribution in [-0.4, -0.2) is 48.6 Å². The van der Waals surface area contributed by atoms with Gasteiger partial charge in [0.2, 0.25) is 0 Å². The number of hydrogen-bond acceptors (Lipinski definition) is 4. The fraction of sp³-hybridized carbons (Fsp3) is 0.778. The lowest BCUT2D eigenvalue weighted by atomic mass is 10.0. The highest BCUT2D eigenvalue weighted by molar-refractivity contribution is 14.0. The molecule has 1 aliphatic heterocycles. The van der Waals surface area contributed by atoms with E-state index in [9.17, 15) is 13.2 Å². The summed E-state index contributed by atoms with van der Waals surface area (Å²) in [6.07, 6.45) is 0.395. The van der Waals surface area contributed by atoms with Crippen LogP contribution in [0.5, 0.6) is 0 Å². The fourth-order valence-electron chi connectivity index (χ4n) is 3.16. The highest BCUT2D eigenvalue weighted by Crippen LogP contribution is 2.30. The second-order valence-corrected chi connectivity index (χ2v) is 7.94. The second kappa shape index (κ2) is 12.8. The van der Waals surface area contributed by atoms with E-state index in [0.717, 1.165) is 48.6 Å². The number of aromatic nitrogens is 1. The molecule has 1 atom stereocenters. The number of halogens is 4. The summed E-state index contributed by atoms with van der Waals surface area (Å²) in [4.78, 5) is 10.5. The molecule has 5 nitrogen and oxygen atoms in total. The average Bonchev–Trinajstić information content (AvgIpc) is 3.09. The minimum atomic E-state index is -4.40. The van der Waals surface area contributed by atoms with Crippen molar-refractivity contribution < 1.29 is 13.2 Å². The van der Waals surface area contributed by atoms with Crippen molar-refractivity contribution in [2.45, 2.75) is 52.3 Å². The Hall–Kier alpha value is -0.620. The molecule has 0 amide bonds. The zero-order valence-electron chi connectivity index (χ0n) is 16.5. The maximum absolute atomic E-state index is 12.6. The molecule has 10 heteroatoms. The number of hydrogen-bond donors (Lipinski definition) is 2. The number of aliphatic imine (C=N–C) groups is 1. The van der Waals surface area contributed by atoms with E-state index in [2.05, 4.69) is 32.4 Å². The van der Waals surface area contributed by atoms with Gasteiger partial charge < -0.3 is 15.5 Å². The zero-order valence-corrected chi connectivity index (χ0v) is 19.7. The Morgan fingerprint density at radius 3 is 2.79 bits per heavy atom. The van der Waals surface area contributed by atoms with Crippen LogP contribution in [0.4, 0.5) is 13.2 Å². The monoisotopic (exact) mass is 533 g/mol. The number of piperidine rings is 1. The van der Waals surface area contributed by atoms with E-state index in [4.69, 9.17) is 0 Å². The Morgan fingerprint density at radius 2 is 2.14 bits per heavy atom. The molecule has 1 unspecified atom stereocenters. The summed E-state index contributed by atoms with van der Waals surface area (Å²) in [6, 6.07) is 0. The largest absolute Gasteiger partial charge is 0.434 e. The third-order valence-electron chi connectivity index (χ3n) is 4.49. The number of thiazole rings is 1. The van der Waals surface area contributed by atoms with E-state index in [-0.39, 0.29) is 30.5 Å². The first-order valence-electron chi connectivity index (χ1n) is 9.64. The summed E-state index contributed by atoms with van der Waals surface area (Å²) < 4.78 is 37.8. The summed E-state index contributed by atoms with van der Waals surface area (Å²) >= 11 is 0.985. The van der Waals surface area contributed by atoms with Crippen LogP contribution in [0.25, 0.3) is 0 Å². The SMILES string of the molecule is CCNC(=NCc1nc(C(F)(F)F)cs1)NCCCCN1CCCC(C)C1.I. The van der Waals surface area contributed by atoms with Crippen LogP contribution >= 0.6 is 35.3 Å². The van der Waals surface area contributed by atoms with Crippen molar-refractivity contribution in [1.82, 2.24) is 20.5 Å². The van der Waals surface area contributed by atoms with Gasteiger partial charge in [-0.2, -0.15) is 13.2 Å². The molecule has 1 aliphatic rings. The minimum Gasteiger partial charge on any atom is -0.357 e. The summed E-state index contributed by atoms with van der Waals surface area (Å²) in [5, 5.41) is 7.76. The van der Waals surface area contributed by atoms with Gasteiger partial charge in [-0.05, 0) is 51.6 Å². The van der Waals surface area contributed by atoms with Gasteiger partial charge in [-0.3, -0.25) is 0 Å². The molecule has 2 heterocycles. The van der Waals surface area contributed by atoms with E-state index in [1.54, 1.807) is 0 Å². The molecule has 1 saturated heterocycles. The van der Waals surface area contributed by atoms with Crippen LogP contribution in [0.15, 0.2) is 10.4 Å². The molecule has 0 bridgehead atoms. The average molecular weight is 533 g/mol. The predicted molar refractivity (Wildman–Crippen MR) is 119 cm³/mol. The molecule has 0 aliphatic carbocycles. The van der Waals surface area contributed by atoms with Gasteiger partial charge >= 0.3 is 6.18 Å². The first kappa shape index (κ1) is 25.4. The van der Waals surface area contributed by atoms with Gasteiger partial charge in [0.05, 0.1) is 6.54 Å². The van der Waals surface area contributed by atoms with Crippen molar-refractivity contribution in [2.75, 3.05) is 32.7 Å². The first-order valence-corrected chi connectivity index (χ1v) is 10.5. The van der Waals surface area contributed by atoms with E-state index in [1.165, 1.54) is 25.9 Å². The molecule has 1 aromatic heterocycles. The van der Waals surface area contributed by atoms with E-state index < -0.39 is 11.9 Å². The zero-order chi connectivity index (χ0) is 19.7. The molecular formula is C18H31F3IN5S. The molecule has 1 fully saturated rings. The van der Waals surface area contributed by atoms with Gasteiger partial charge in [0.15, 0.2) is 11.7 Å². The van der Waals surface area contributed by atoms with Crippen molar-refractivity contribution in [3.63, 3.8) is 0 Å². The summed E-state index contributed by atoms with van der Waals surface area (Å²) in [5.74, 6) is 1.42. The molecule has 2 N–H and O–H groups in total. The van der Waals surface area contributed by atoms with E-state index in [0.29, 0.717) is 17.5 Å². The third-order valence-corrected chi connectivity index (χ3v) is 5.33. The highest BCUT2D eigenvalue weighted by atomic mass is 127. The third kappa shape index (κ3) is 9.25. The molecule has 0 radical (unpaired) electrons. The number of nitrogens with zero attached hydrogens (tertiary/aromatic N) is 3. The lowest BCUT2D eigenvalue weighted by Crippen LogP contribution is -2.38. The number of unbranched alkanes of at least 4 members (excludes halogenated alkanes) is 1. The number of alkyl halides is 3. The lowest BCUT2D eigenvalue weighted by molar-refractivity contribution is -0.140. The molecule has 2 rings (SSSR count). The van der Waals surface area contributed by atoms with Gasteiger partial charge in [0, 0.05) is 25.0 Å². The van der Waals surface area contributed by atoms with Gasteiger partial charge in [0.1, 0.15) is 5.01 Å². The minimum absolute atomic E-state index is 0. The van der Waals surface area contributed by atoms with E-state index >= 15 is 0 Å². The van der Waals surface area contributed by atoms with Crippen LogP contribution in [0.1, 0.15) is 50.2 Å². The molecule has 28 heavy (non-hydrogen) atoms. The number of guanidine groups is 1. The Bertz CT molecular complexity index is 594. The van der Waals surface area contributed by atoms with Crippen molar-refractivity contribution in [3.05, 3.63) is 16.1 Å². The van der Waals surface area contributed by atoms with Gasteiger partial charge in [-0.15, -0.1) is 35.3 Å². The van der Waals surface area contributed by atoms with Gasteiger partial charge in [-0.25, -0.2) is 9.98 Å². The lowest BCUT2D eigenvalue weighted by Gasteiger charge is -2.30. The summed E-state index contributed by atoms with van der Waals surface area (Å²) in [6.45, 7) is 9.43. The predicted octanol–water partition coefficient (Wildman–Crippen LogP) is 4.35. The topological polar surface area (TPSA) is 52.6 Å². The molecule has 0 spiro atoms. The smallest absolute Gasteiger partial charge is 0.357 e. The van der Waals surface area contributed by atoms with Crippen molar-refractivity contribution in [2.24, 2.45) is 10.9 Å². The molecular weight excluding hydrogens is 502 g/mol.